The Kier molecular flexibility index (Phi) is 2.04. The summed E-state index contributed by atoms with van der Waals surface area (Å²) in [7, 11) is 0. The summed E-state index contributed by atoms with van der Waals surface area (Å²) in [4.78, 5) is 14.5. The Labute approximate surface area is 60.1 Å². The molecule has 0 aromatic heterocycles. The molecule has 0 fully saturated rings. The van der Waals surface area contributed by atoms with Crippen molar-refractivity contribution in [2.24, 2.45) is 10.9 Å². The van der Waals surface area contributed by atoms with E-state index < -0.39 is 0 Å². The van der Waals surface area contributed by atoms with Crippen molar-refractivity contribution >= 4 is 12.2 Å². The minimum Gasteiger partial charge on any atom is -0.459 e. The molecule has 1 rings (SSSR count). The van der Waals surface area contributed by atoms with E-state index in [4.69, 9.17) is 4.74 Å². The van der Waals surface area contributed by atoms with Crippen molar-refractivity contribution in [1.82, 2.24) is 0 Å². The average molecular weight is 141 g/mol. The summed E-state index contributed by atoms with van der Waals surface area (Å²) < 4.78 is 4.76. The van der Waals surface area contributed by atoms with E-state index in [0.29, 0.717) is 12.5 Å². The van der Waals surface area contributed by atoms with Gasteiger partial charge in [0.1, 0.15) is 12.8 Å². The van der Waals surface area contributed by atoms with E-state index in [1.807, 2.05) is 0 Å². The Balaban J connectivity index is 2.53. The number of rotatable bonds is 1. The number of aliphatic imine (C=N–C) groups is 1. The molecule has 1 heterocycles. The van der Waals surface area contributed by atoms with E-state index in [1.54, 1.807) is 0 Å². The van der Waals surface area contributed by atoms with Gasteiger partial charge in [0.25, 0.3) is 0 Å². The second kappa shape index (κ2) is 2.82. The van der Waals surface area contributed by atoms with Gasteiger partial charge in [-0.15, -0.1) is 0 Å². The van der Waals surface area contributed by atoms with Crippen molar-refractivity contribution in [3.8, 4) is 0 Å². The van der Waals surface area contributed by atoms with Gasteiger partial charge in [-0.1, -0.05) is 13.8 Å². The molecule has 0 aromatic carbocycles. The second-order valence-electron chi connectivity index (χ2n) is 2.72. The van der Waals surface area contributed by atoms with E-state index >= 15 is 0 Å². The van der Waals surface area contributed by atoms with Crippen LogP contribution < -0.4 is 0 Å². The molecule has 0 aromatic rings. The third kappa shape index (κ3) is 1.56. The molecule has 0 amide bonds. The molecule has 0 aliphatic carbocycles. The van der Waals surface area contributed by atoms with Crippen LogP contribution in [0.3, 0.4) is 0 Å². The molecule has 0 radical (unpaired) electrons. The summed E-state index contributed by atoms with van der Waals surface area (Å²) in [5, 5.41) is 0. The summed E-state index contributed by atoms with van der Waals surface area (Å²) in [5.74, 6) is 0.126. The Hall–Kier alpha value is -0.860. The number of esters is 1. The van der Waals surface area contributed by atoms with Crippen molar-refractivity contribution in [1.29, 1.82) is 0 Å². The Morgan fingerprint density at radius 2 is 2.50 bits per heavy atom. The number of hydrogen-bond acceptors (Lipinski definition) is 3. The first-order valence-corrected chi connectivity index (χ1v) is 3.40. The van der Waals surface area contributed by atoms with Gasteiger partial charge in [0.15, 0.2) is 0 Å². The van der Waals surface area contributed by atoms with Crippen LogP contribution >= 0.6 is 0 Å². The predicted octanol–water partition coefficient (Wildman–Crippen LogP) is 0.639. The minimum atomic E-state index is -0.322. The first kappa shape index (κ1) is 7.25. The second-order valence-corrected chi connectivity index (χ2v) is 2.72. The van der Waals surface area contributed by atoms with Crippen LogP contribution in [0.15, 0.2) is 4.99 Å². The van der Waals surface area contributed by atoms with Crippen LogP contribution in [0.4, 0.5) is 0 Å². The first-order chi connectivity index (χ1) is 4.70. The molecule has 10 heavy (non-hydrogen) atoms. The van der Waals surface area contributed by atoms with Crippen LogP contribution in [-0.2, 0) is 9.53 Å². The molecule has 0 bridgehead atoms. The van der Waals surface area contributed by atoms with Gasteiger partial charge in [-0.3, -0.25) is 4.99 Å². The zero-order valence-corrected chi connectivity index (χ0v) is 6.20. The summed E-state index contributed by atoms with van der Waals surface area (Å²) >= 11 is 0. The first-order valence-electron chi connectivity index (χ1n) is 3.40. The molecule has 1 atom stereocenters. The number of nitrogens with zero attached hydrogens (tertiary/aromatic N) is 1. The van der Waals surface area contributed by atoms with E-state index in [9.17, 15) is 4.79 Å². The van der Waals surface area contributed by atoms with Crippen LogP contribution in [0.2, 0.25) is 0 Å². The fraction of sp³-hybridized carbons (Fsp3) is 0.714. The molecule has 0 spiro atoms. The topological polar surface area (TPSA) is 38.7 Å². The van der Waals surface area contributed by atoms with Gasteiger partial charge in [-0.2, -0.15) is 0 Å². The average Bonchev–Trinajstić information content (AvgIpc) is 1.88. The van der Waals surface area contributed by atoms with Crippen LogP contribution in [0.1, 0.15) is 13.8 Å². The molecule has 1 aliphatic heterocycles. The molecule has 56 valence electrons. The lowest BCUT2D eigenvalue weighted by molar-refractivity contribution is -0.136. The molecular formula is C7H11NO2. The van der Waals surface area contributed by atoms with E-state index in [1.165, 1.54) is 6.21 Å². The highest BCUT2D eigenvalue weighted by molar-refractivity contribution is 6.23. The van der Waals surface area contributed by atoms with Gasteiger partial charge in [0, 0.05) is 0 Å². The third-order valence-corrected chi connectivity index (χ3v) is 1.54. The van der Waals surface area contributed by atoms with Crippen LogP contribution in [0.25, 0.3) is 0 Å². The Morgan fingerprint density at radius 3 is 2.90 bits per heavy atom. The van der Waals surface area contributed by atoms with Gasteiger partial charge in [0.2, 0.25) is 0 Å². The minimum absolute atomic E-state index is 0.165. The van der Waals surface area contributed by atoms with E-state index in [0.717, 1.165) is 0 Å². The van der Waals surface area contributed by atoms with Crippen molar-refractivity contribution in [3.63, 3.8) is 0 Å². The molecular weight excluding hydrogens is 130 g/mol. The highest BCUT2D eigenvalue weighted by Gasteiger charge is 2.17. The van der Waals surface area contributed by atoms with Crippen LogP contribution in [0.5, 0.6) is 0 Å². The van der Waals surface area contributed by atoms with E-state index in [2.05, 4.69) is 18.8 Å². The van der Waals surface area contributed by atoms with Crippen molar-refractivity contribution < 1.29 is 9.53 Å². The molecule has 0 unspecified atom stereocenters. The number of hydrogen-bond donors (Lipinski definition) is 0. The summed E-state index contributed by atoms with van der Waals surface area (Å²) in [6.45, 7) is 4.55. The van der Waals surface area contributed by atoms with Crippen LogP contribution in [0, 0.1) is 5.92 Å². The molecule has 0 saturated carbocycles. The van der Waals surface area contributed by atoms with Gasteiger partial charge in [-0.05, 0) is 5.92 Å². The highest BCUT2D eigenvalue weighted by Crippen LogP contribution is 2.08. The number of cyclic esters (lactones) is 1. The lowest BCUT2D eigenvalue weighted by Gasteiger charge is -2.18. The van der Waals surface area contributed by atoms with Gasteiger partial charge in [0.05, 0.1) is 6.04 Å². The Bertz CT molecular complexity index is 163. The summed E-state index contributed by atoms with van der Waals surface area (Å²) in [6, 6.07) is 0.165. The molecule has 3 heteroatoms. The zero-order valence-electron chi connectivity index (χ0n) is 6.20. The van der Waals surface area contributed by atoms with E-state index in [-0.39, 0.29) is 12.0 Å². The zero-order chi connectivity index (χ0) is 7.56. The maximum atomic E-state index is 10.5. The standard InChI is InChI=1S/C7H11NO2/c1-5(2)6-4-10-7(9)3-8-6/h3,5-6H,4H2,1-2H3/t6-/m1/s1. The van der Waals surface area contributed by atoms with Crippen molar-refractivity contribution in [3.05, 3.63) is 0 Å². The number of carbonyl (C=O) groups is 1. The maximum absolute atomic E-state index is 10.5. The largest absolute Gasteiger partial charge is 0.459 e. The highest BCUT2D eigenvalue weighted by atomic mass is 16.5. The number of ether oxygens (including phenoxy) is 1. The molecule has 3 nitrogen and oxygen atoms in total. The number of carbonyl (C=O) groups excluding carboxylic acids is 1. The van der Waals surface area contributed by atoms with Crippen molar-refractivity contribution in [2.45, 2.75) is 19.9 Å². The fourth-order valence-corrected chi connectivity index (χ4v) is 0.769. The summed E-state index contributed by atoms with van der Waals surface area (Å²) in [6.07, 6.45) is 1.26. The Morgan fingerprint density at radius 1 is 1.80 bits per heavy atom. The molecule has 0 saturated heterocycles. The maximum Gasteiger partial charge on any atom is 0.349 e. The van der Waals surface area contributed by atoms with Crippen LogP contribution in [-0.4, -0.2) is 24.8 Å². The van der Waals surface area contributed by atoms with Gasteiger partial charge < -0.3 is 4.74 Å². The fourth-order valence-electron chi connectivity index (χ4n) is 0.769. The van der Waals surface area contributed by atoms with Gasteiger partial charge in [-0.25, -0.2) is 4.79 Å². The summed E-state index contributed by atoms with van der Waals surface area (Å²) in [5.41, 5.74) is 0. The smallest absolute Gasteiger partial charge is 0.349 e. The quantitative estimate of drug-likeness (QED) is 0.502. The third-order valence-electron chi connectivity index (χ3n) is 1.54. The molecule has 1 aliphatic rings. The van der Waals surface area contributed by atoms with Gasteiger partial charge >= 0.3 is 5.97 Å². The SMILES string of the molecule is CC(C)[C@H]1COC(=O)C=N1. The monoisotopic (exact) mass is 141 g/mol. The lowest BCUT2D eigenvalue weighted by atomic mass is 10.1. The molecule has 0 N–H and O–H groups in total. The van der Waals surface area contributed by atoms with Crippen molar-refractivity contribution in [2.75, 3.05) is 6.61 Å². The predicted molar refractivity (Wildman–Crippen MR) is 38.1 cm³/mol. The lowest BCUT2D eigenvalue weighted by Crippen LogP contribution is -2.27. The normalized spacial score (nSPS) is 25.1.